The van der Waals surface area contributed by atoms with Crippen molar-refractivity contribution < 1.29 is 4.79 Å². The van der Waals surface area contributed by atoms with E-state index in [1.807, 2.05) is 29.1 Å². The van der Waals surface area contributed by atoms with Crippen molar-refractivity contribution in [1.82, 2.24) is 25.1 Å². The van der Waals surface area contributed by atoms with Gasteiger partial charge in [0.05, 0.1) is 29.9 Å². The van der Waals surface area contributed by atoms with E-state index in [1.165, 1.54) is 12.5 Å². The lowest BCUT2D eigenvalue weighted by atomic mass is 9.74. The third-order valence-electron chi connectivity index (χ3n) is 5.29. The molecule has 2 aromatic heterocycles. The molecular weight excluding hydrogens is 354 g/mol. The number of nitrogens with one attached hydrogen (secondary N) is 2. The molecule has 3 aromatic rings. The molecule has 1 atom stereocenters. The summed E-state index contributed by atoms with van der Waals surface area (Å²) >= 11 is 0. The molecule has 7 nitrogen and oxygen atoms in total. The van der Waals surface area contributed by atoms with Gasteiger partial charge in [0.25, 0.3) is 11.5 Å². The van der Waals surface area contributed by atoms with Crippen LogP contribution < -0.4 is 10.9 Å². The van der Waals surface area contributed by atoms with Gasteiger partial charge in [0.15, 0.2) is 0 Å². The van der Waals surface area contributed by atoms with E-state index in [-0.39, 0.29) is 17.0 Å². The highest BCUT2D eigenvalue weighted by Gasteiger charge is 2.36. The van der Waals surface area contributed by atoms with Gasteiger partial charge in [0.2, 0.25) is 0 Å². The fourth-order valence-electron chi connectivity index (χ4n) is 3.92. The number of benzene rings is 1. The average Bonchev–Trinajstić information content (AvgIpc) is 3.05. The van der Waals surface area contributed by atoms with Crippen LogP contribution in [-0.4, -0.2) is 25.7 Å². The summed E-state index contributed by atoms with van der Waals surface area (Å²) in [4.78, 5) is 30.9. The van der Waals surface area contributed by atoms with Crippen LogP contribution in [0.4, 0.5) is 0 Å². The largest absolute Gasteiger partial charge is 0.345 e. The summed E-state index contributed by atoms with van der Waals surface area (Å²) in [5.41, 5.74) is 3.81. The molecule has 1 amide bonds. The lowest BCUT2D eigenvalue weighted by Gasteiger charge is -2.36. The number of rotatable bonds is 3. The molecule has 0 bridgehead atoms. The molecule has 7 heteroatoms. The van der Waals surface area contributed by atoms with Crippen LogP contribution in [0.15, 0.2) is 47.8 Å². The Morgan fingerprint density at radius 2 is 2.07 bits per heavy atom. The van der Waals surface area contributed by atoms with E-state index >= 15 is 0 Å². The Morgan fingerprint density at radius 3 is 2.82 bits per heavy atom. The third kappa shape index (κ3) is 3.24. The van der Waals surface area contributed by atoms with Gasteiger partial charge in [-0.2, -0.15) is 5.10 Å². The number of hydrogen-bond donors (Lipinski definition) is 2. The van der Waals surface area contributed by atoms with Crippen molar-refractivity contribution in [3.63, 3.8) is 0 Å². The zero-order chi connectivity index (χ0) is 19.9. The molecule has 1 unspecified atom stereocenters. The van der Waals surface area contributed by atoms with Crippen LogP contribution >= 0.6 is 0 Å². The monoisotopic (exact) mass is 377 g/mol. The smallest absolute Gasteiger partial charge is 0.263 e. The molecule has 1 aliphatic rings. The van der Waals surface area contributed by atoms with Gasteiger partial charge in [-0.1, -0.05) is 32.0 Å². The maximum atomic E-state index is 12.7. The number of aromatic amines is 1. The standard InChI is InChI=1S/C21H23N5O2/c1-13-6-4-5-7-17(13)26-18-9-21(2,3)8-16(14(18)11-24-26)25-20(28)15-10-22-12-23-19(15)27/h4-7,10-12,16H,8-9H2,1-3H3,(H,25,28)(H,22,23,27). The minimum absolute atomic E-state index is 0.0127. The molecule has 0 fully saturated rings. The van der Waals surface area contributed by atoms with Gasteiger partial charge in [-0.15, -0.1) is 0 Å². The number of nitrogens with zero attached hydrogens (tertiary/aromatic N) is 3. The molecule has 2 heterocycles. The fraction of sp³-hybridized carbons (Fsp3) is 0.333. The summed E-state index contributed by atoms with van der Waals surface area (Å²) in [5, 5.41) is 7.64. The van der Waals surface area contributed by atoms with Gasteiger partial charge >= 0.3 is 0 Å². The number of carbonyl (C=O) groups excluding carboxylic acids is 1. The maximum absolute atomic E-state index is 12.7. The van der Waals surface area contributed by atoms with E-state index in [2.05, 4.69) is 47.2 Å². The highest BCUT2D eigenvalue weighted by Crippen LogP contribution is 2.41. The molecule has 0 spiro atoms. The molecule has 0 aliphatic heterocycles. The van der Waals surface area contributed by atoms with Gasteiger partial charge in [-0.05, 0) is 36.8 Å². The summed E-state index contributed by atoms with van der Waals surface area (Å²) in [5.74, 6) is -0.424. The Morgan fingerprint density at radius 1 is 1.29 bits per heavy atom. The van der Waals surface area contributed by atoms with Crippen LogP contribution in [-0.2, 0) is 6.42 Å². The molecule has 2 N–H and O–H groups in total. The maximum Gasteiger partial charge on any atom is 0.263 e. The van der Waals surface area contributed by atoms with Crippen LogP contribution in [0.1, 0.15) is 53.5 Å². The average molecular weight is 377 g/mol. The Bertz CT molecular complexity index is 1100. The quantitative estimate of drug-likeness (QED) is 0.734. The van der Waals surface area contributed by atoms with E-state index < -0.39 is 11.5 Å². The minimum Gasteiger partial charge on any atom is -0.345 e. The van der Waals surface area contributed by atoms with Crippen LogP contribution in [0.2, 0.25) is 0 Å². The number of carbonyl (C=O) groups is 1. The van der Waals surface area contributed by atoms with Crippen molar-refractivity contribution in [3.05, 3.63) is 75.7 Å². The van der Waals surface area contributed by atoms with Crippen LogP contribution in [0, 0.1) is 12.3 Å². The molecule has 4 rings (SSSR count). The molecular formula is C21H23N5O2. The highest BCUT2D eigenvalue weighted by molar-refractivity contribution is 5.93. The normalized spacial score (nSPS) is 17.8. The molecule has 0 radical (unpaired) electrons. The van der Waals surface area contributed by atoms with E-state index in [4.69, 9.17) is 0 Å². The van der Waals surface area contributed by atoms with Crippen molar-refractivity contribution in [2.75, 3.05) is 0 Å². The number of para-hydroxylation sites is 1. The van der Waals surface area contributed by atoms with E-state index in [0.29, 0.717) is 0 Å². The Labute approximate surface area is 162 Å². The molecule has 1 aliphatic carbocycles. The van der Waals surface area contributed by atoms with Gasteiger partial charge in [0.1, 0.15) is 5.56 Å². The van der Waals surface area contributed by atoms with Crippen LogP contribution in [0.25, 0.3) is 5.69 Å². The van der Waals surface area contributed by atoms with Crippen LogP contribution in [0.5, 0.6) is 0 Å². The summed E-state index contributed by atoms with van der Waals surface area (Å²) in [6, 6.07) is 7.90. The SMILES string of the molecule is Cc1ccccc1-n1ncc2c1CC(C)(C)CC2NC(=O)c1cnc[nH]c1=O. The molecule has 0 saturated heterocycles. The second kappa shape index (κ2) is 6.74. The van der Waals surface area contributed by atoms with Crippen LogP contribution in [0.3, 0.4) is 0 Å². The fourth-order valence-corrected chi connectivity index (χ4v) is 3.92. The number of aromatic nitrogens is 4. The highest BCUT2D eigenvalue weighted by atomic mass is 16.2. The van der Waals surface area contributed by atoms with Gasteiger partial charge in [0, 0.05) is 11.8 Å². The van der Waals surface area contributed by atoms with Crippen molar-refractivity contribution in [2.45, 2.75) is 39.7 Å². The van der Waals surface area contributed by atoms with Gasteiger partial charge < -0.3 is 10.3 Å². The number of fused-ring (bicyclic) bond motifs is 1. The topological polar surface area (TPSA) is 92.7 Å². The zero-order valence-corrected chi connectivity index (χ0v) is 16.2. The number of aryl methyl sites for hydroxylation is 1. The Balaban J connectivity index is 1.72. The molecule has 144 valence electrons. The Hall–Kier alpha value is -3.22. The van der Waals surface area contributed by atoms with Crippen molar-refractivity contribution in [1.29, 1.82) is 0 Å². The number of hydrogen-bond acceptors (Lipinski definition) is 4. The summed E-state index contributed by atoms with van der Waals surface area (Å²) in [6.07, 6.45) is 6.02. The van der Waals surface area contributed by atoms with E-state index in [0.717, 1.165) is 35.3 Å². The first kappa shape index (κ1) is 18.2. The van der Waals surface area contributed by atoms with Crippen molar-refractivity contribution in [3.8, 4) is 5.69 Å². The minimum atomic E-state index is -0.446. The lowest BCUT2D eigenvalue weighted by molar-refractivity contribution is 0.0917. The number of H-pyrrole nitrogens is 1. The number of amides is 1. The molecule has 0 saturated carbocycles. The first-order chi connectivity index (χ1) is 13.4. The van der Waals surface area contributed by atoms with E-state index in [1.54, 1.807) is 0 Å². The summed E-state index contributed by atoms with van der Waals surface area (Å²) in [7, 11) is 0. The predicted octanol–water partition coefficient (Wildman–Crippen LogP) is 2.71. The molecule has 1 aromatic carbocycles. The second-order valence-electron chi connectivity index (χ2n) is 8.11. The third-order valence-corrected chi connectivity index (χ3v) is 5.29. The zero-order valence-electron chi connectivity index (χ0n) is 16.2. The first-order valence-electron chi connectivity index (χ1n) is 9.32. The second-order valence-corrected chi connectivity index (χ2v) is 8.11. The van der Waals surface area contributed by atoms with Crippen molar-refractivity contribution in [2.24, 2.45) is 5.41 Å². The van der Waals surface area contributed by atoms with Gasteiger partial charge in [-0.25, -0.2) is 9.67 Å². The molecule has 28 heavy (non-hydrogen) atoms. The summed E-state index contributed by atoms with van der Waals surface area (Å²) in [6.45, 7) is 6.42. The summed E-state index contributed by atoms with van der Waals surface area (Å²) < 4.78 is 1.97. The van der Waals surface area contributed by atoms with E-state index in [9.17, 15) is 9.59 Å². The van der Waals surface area contributed by atoms with Crippen molar-refractivity contribution >= 4 is 5.91 Å². The Kier molecular flexibility index (Phi) is 4.37. The lowest BCUT2D eigenvalue weighted by Crippen LogP contribution is -2.38. The first-order valence-corrected chi connectivity index (χ1v) is 9.32. The van der Waals surface area contributed by atoms with Gasteiger partial charge in [-0.3, -0.25) is 9.59 Å². The predicted molar refractivity (Wildman–Crippen MR) is 105 cm³/mol.